The Balaban J connectivity index is 2.40. The molecule has 1 aromatic carbocycles. The van der Waals surface area contributed by atoms with E-state index < -0.39 is 11.6 Å². The number of benzene rings is 1. The van der Waals surface area contributed by atoms with Gasteiger partial charge < -0.3 is 10.5 Å². The number of rotatable bonds is 2. The number of ether oxygens (including phenoxy) is 1. The first-order chi connectivity index (χ1) is 8.49. The minimum Gasteiger partial charge on any atom is -0.433 e. The topological polar surface area (TPSA) is 61.0 Å². The average Bonchev–Trinajstić information content (AvgIpc) is 2.32. The van der Waals surface area contributed by atoms with Gasteiger partial charge in [-0.15, -0.1) is 0 Å². The molecule has 0 fully saturated rings. The van der Waals surface area contributed by atoms with Crippen LogP contribution in [0.1, 0.15) is 11.3 Å². The number of hydrogen-bond donors (Lipinski definition) is 1. The third kappa shape index (κ3) is 2.22. The van der Waals surface area contributed by atoms with Crippen LogP contribution < -0.4 is 10.5 Å². The SMILES string of the molecule is Cc1cc(Oc2ncnc(C)c2F)c(F)cc1N. The molecule has 0 unspecified atom stereocenters. The molecule has 2 N–H and O–H groups in total. The summed E-state index contributed by atoms with van der Waals surface area (Å²) in [5.74, 6) is -1.83. The molecular formula is C12H11F2N3O. The van der Waals surface area contributed by atoms with Crippen LogP contribution in [0.4, 0.5) is 14.5 Å². The van der Waals surface area contributed by atoms with Crippen LogP contribution in [-0.4, -0.2) is 9.97 Å². The molecule has 0 saturated heterocycles. The summed E-state index contributed by atoms with van der Waals surface area (Å²) in [6.45, 7) is 3.16. The summed E-state index contributed by atoms with van der Waals surface area (Å²) in [5, 5.41) is 0. The summed E-state index contributed by atoms with van der Waals surface area (Å²) in [7, 11) is 0. The Morgan fingerprint density at radius 2 is 1.89 bits per heavy atom. The molecule has 1 aromatic heterocycles. The monoisotopic (exact) mass is 251 g/mol. The molecule has 6 heteroatoms. The zero-order valence-corrected chi connectivity index (χ0v) is 9.87. The highest BCUT2D eigenvalue weighted by molar-refractivity contribution is 5.51. The number of hydrogen-bond acceptors (Lipinski definition) is 4. The van der Waals surface area contributed by atoms with Crippen molar-refractivity contribution in [1.29, 1.82) is 0 Å². The smallest absolute Gasteiger partial charge is 0.259 e. The van der Waals surface area contributed by atoms with Crippen LogP contribution in [0.5, 0.6) is 11.6 Å². The lowest BCUT2D eigenvalue weighted by atomic mass is 10.2. The van der Waals surface area contributed by atoms with Gasteiger partial charge >= 0.3 is 0 Å². The predicted molar refractivity (Wildman–Crippen MR) is 62.4 cm³/mol. The Kier molecular flexibility index (Phi) is 3.10. The maximum absolute atomic E-state index is 13.6. The van der Waals surface area contributed by atoms with Crippen LogP contribution in [0.2, 0.25) is 0 Å². The van der Waals surface area contributed by atoms with Gasteiger partial charge in [0, 0.05) is 11.8 Å². The standard InChI is InChI=1S/C12H11F2N3O/c1-6-3-10(8(13)4-9(6)15)18-12-11(14)7(2)16-5-17-12/h3-5H,15H2,1-2H3. The fourth-order valence-electron chi connectivity index (χ4n) is 1.36. The van der Waals surface area contributed by atoms with Crippen LogP contribution in [0.15, 0.2) is 18.5 Å². The van der Waals surface area contributed by atoms with E-state index in [0.29, 0.717) is 11.3 Å². The van der Waals surface area contributed by atoms with Gasteiger partial charge in [0.05, 0.1) is 5.69 Å². The third-order valence-corrected chi connectivity index (χ3v) is 2.46. The highest BCUT2D eigenvalue weighted by atomic mass is 19.1. The van der Waals surface area contributed by atoms with Crippen molar-refractivity contribution in [1.82, 2.24) is 9.97 Å². The van der Waals surface area contributed by atoms with Gasteiger partial charge in [-0.05, 0) is 25.5 Å². The fourth-order valence-corrected chi connectivity index (χ4v) is 1.36. The first-order valence-corrected chi connectivity index (χ1v) is 5.19. The Morgan fingerprint density at radius 3 is 2.61 bits per heavy atom. The molecule has 2 rings (SSSR count). The summed E-state index contributed by atoms with van der Waals surface area (Å²) in [6.07, 6.45) is 1.15. The number of aryl methyl sites for hydroxylation is 2. The number of nitrogen functional groups attached to an aromatic ring is 1. The minimum atomic E-state index is -0.716. The van der Waals surface area contributed by atoms with E-state index in [0.717, 1.165) is 12.4 Å². The lowest BCUT2D eigenvalue weighted by Gasteiger charge is -2.09. The second-order valence-electron chi connectivity index (χ2n) is 3.82. The van der Waals surface area contributed by atoms with Crippen LogP contribution in [0, 0.1) is 25.5 Å². The van der Waals surface area contributed by atoms with Gasteiger partial charge in [-0.2, -0.15) is 9.37 Å². The van der Waals surface area contributed by atoms with E-state index in [9.17, 15) is 8.78 Å². The molecule has 0 aliphatic heterocycles. The molecule has 0 spiro atoms. The van der Waals surface area contributed by atoms with Crippen molar-refractivity contribution in [2.24, 2.45) is 0 Å². The third-order valence-electron chi connectivity index (χ3n) is 2.46. The highest BCUT2D eigenvalue weighted by Crippen LogP contribution is 2.28. The fraction of sp³-hybridized carbons (Fsp3) is 0.167. The molecule has 0 amide bonds. The van der Waals surface area contributed by atoms with Gasteiger partial charge in [-0.1, -0.05) is 0 Å². The lowest BCUT2D eigenvalue weighted by Crippen LogP contribution is -1.99. The molecule has 0 radical (unpaired) electrons. The van der Waals surface area contributed by atoms with Crippen molar-refractivity contribution in [2.75, 3.05) is 5.73 Å². The van der Waals surface area contributed by atoms with E-state index >= 15 is 0 Å². The molecule has 0 atom stereocenters. The van der Waals surface area contributed by atoms with E-state index in [1.54, 1.807) is 6.92 Å². The molecule has 4 nitrogen and oxygen atoms in total. The molecule has 18 heavy (non-hydrogen) atoms. The number of nitrogens with zero attached hydrogens (tertiary/aromatic N) is 2. The number of halogens is 2. The van der Waals surface area contributed by atoms with Gasteiger partial charge in [0.15, 0.2) is 11.6 Å². The largest absolute Gasteiger partial charge is 0.433 e. The molecule has 94 valence electrons. The molecule has 0 aliphatic carbocycles. The summed E-state index contributed by atoms with van der Waals surface area (Å²) < 4.78 is 32.3. The normalized spacial score (nSPS) is 10.4. The molecule has 1 heterocycles. The van der Waals surface area contributed by atoms with E-state index in [1.165, 1.54) is 13.0 Å². The van der Waals surface area contributed by atoms with Crippen LogP contribution in [-0.2, 0) is 0 Å². The van der Waals surface area contributed by atoms with E-state index in [4.69, 9.17) is 10.5 Å². The number of nitrogens with two attached hydrogens (primary N) is 1. The zero-order chi connectivity index (χ0) is 13.3. The first kappa shape index (κ1) is 12.2. The summed E-state index contributed by atoms with van der Waals surface area (Å²) >= 11 is 0. The van der Waals surface area contributed by atoms with E-state index in [2.05, 4.69) is 9.97 Å². The van der Waals surface area contributed by atoms with Crippen LogP contribution in [0.25, 0.3) is 0 Å². The Labute approximate surface area is 102 Å². The highest BCUT2D eigenvalue weighted by Gasteiger charge is 2.13. The molecule has 0 aliphatic rings. The molecular weight excluding hydrogens is 240 g/mol. The van der Waals surface area contributed by atoms with Crippen molar-refractivity contribution in [3.05, 3.63) is 41.4 Å². The van der Waals surface area contributed by atoms with Crippen molar-refractivity contribution in [2.45, 2.75) is 13.8 Å². The number of aromatic nitrogens is 2. The average molecular weight is 251 g/mol. The zero-order valence-electron chi connectivity index (χ0n) is 9.87. The molecule has 0 saturated carbocycles. The van der Waals surface area contributed by atoms with Gasteiger partial charge in [0.25, 0.3) is 5.88 Å². The first-order valence-electron chi connectivity index (χ1n) is 5.19. The Hall–Kier alpha value is -2.24. The van der Waals surface area contributed by atoms with Gasteiger partial charge in [0.1, 0.15) is 6.33 Å². The maximum Gasteiger partial charge on any atom is 0.259 e. The van der Waals surface area contributed by atoms with Gasteiger partial charge in [-0.3, -0.25) is 0 Å². The predicted octanol–water partition coefficient (Wildman–Crippen LogP) is 2.75. The van der Waals surface area contributed by atoms with Gasteiger partial charge in [0.2, 0.25) is 5.82 Å². The lowest BCUT2D eigenvalue weighted by molar-refractivity contribution is 0.394. The quantitative estimate of drug-likeness (QED) is 0.834. The summed E-state index contributed by atoms with van der Waals surface area (Å²) in [4.78, 5) is 7.28. The molecule has 0 bridgehead atoms. The van der Waals surface area contributed by atoms with E-state index in [-0.39, 0.29) is 17.3 Å². The second-order valence-corrected chi connectivity index (χ2v) is 3.82. The Morgan fingerprint density at radius 1 is 1.17 bits per heavy atom. The van der Waals surface area contributed by atoms with Crippen LogP contribution >= 0.6 is 0 Å². The second kappa shape index (κ2) is 4.56. The molecule has 2 aromatic rings. The van der Waals surface area contributed by atoms with Crippen molar-refractivity contribution >= 4 is 5.69 Å². The van der Waals surface area contributed by atoms with Crippen LogP contribution in [0.3, 0.4) is 0 Å². The number of anilines is 1. The minimum absolute atomic E-state index is 0.126. The van der Waals surface area contributed by atoms with Crippen molar-refractivity contribution in [3.8, 4) is 11.6 Å². The maximum atomic E-state index is 13.6. The van der Waals surface area contributed by atoms with Gasteiger partial charge in [-0.25, -0.2) is 9.37 Å². The van der Waals surface area contributed by atoms with Crippen molar-refractivity contribution in [3.63, 3.8) is 0 Å². The summed E-state index contributed by atoms with van der Waals surface area (Å²) in [5.41, 5.74) is 6.62. The van der Waals surface area contributed by atoms with E-state index in [1.807, 2.05) is 0 Å². The summed E-state index contributed by atoms with van der Waals surface area (Å²) in [6, 6.07) is 2.51. The van der Waals surface area contributed by atoms with Crippen molar-refractivity contribution < 1.29 is 13.5 Å². The Bertz CT molecular complexity index is 602.